The van der Waals surface area contributed by atoms with Gasteiger partial charge in [-0.05, 0) is 74.0 Å². The molecule has 0 atom stereocenters. The fourth-order valence-electron chi connectivity index (χ4n) is 6.45. The van der Waals surface area contributed by atoms with Crippen molar-refractivity contribution in [2.45, 2.75) is 52.4 Å². The van der Waals surface area contributed by atoms with Crippen LogP contribution in [0.25, 0.3) is 44.0 Å². The highest BCUT2D eigenvalue weighted by molar-refractivity contribution is 7.18. The lowest BCUT2D eigenvalue weighted by atomic mass is 9.94. The van der Waals surface area contributed by atoms with Crippen LogP contribution in [0.1, 0.15) is 37.7 Å². The SMILES string of the molecule is C=CC(=O)N1CCn2nc(-c3nc(-c4ccc5c(c4)CCN(C(=O)OC(C)(C)C)C5)c4ccsc4c3-c3ccc(F)cc3OCCOC)nc2C1. The number of benzene rings is 2. The van der Waals surface area contributed by atoms with Crippen molar-refractivity contribution in [3.8, 4) is 39.7 Å². The number of carbonyl (C=O) groups is 2. The molecule has 0 aliphatic carbocycles. The van der Waals surface area contributed by atoms with E-state index in [1.165, 1.54) is 18.2 Å². The summed E-state index contributed by atoms with van der Waals surface area (Å²) in [5.41, 5.74) is 5.18. The standard InChI is InChI=1S/C38H39FN6O5S/c1-6-31(46)43-14-15-45-30(22-43)40-36(42-45)34-32(27-10-9-26(39)20-29(27)49-17-16-48-5)35-28(12-18-51-35)33(41-34)24-7-8-25-21-44(13-11-23(25)19-24)37(47)50-38(2,3)4/h6-10,12,18-20H,1,11,13-17,21-22H2,2-5H3. The smallest absolute Gasteiger partial charge is 0.410 e. The fraction of sp³-hybridized carbons (Fsp3) is 0.342. The Bertz CT molecular complexity index is 2150. The number of nitrogens with zero attached hydrogens (tertiary/aromatic N) is 6. The molecule has 0 spiro atoms. The van der Waals surface area contributed by atoms with Crippen molar-refractivity contribution in [2.75, 3.05) is 33.4 Å². The van der Waals surface area contributed by atoms with Gasteiger partial charge < -0.3 is 24.0 Å². The van der Waals surface area contributed by atoms with Crippen LogP contribution >= 0.6 is 11.3 Å². The van der Waals surface area contributed by atoms with E-state index in [9.17, 15) is 14.0 Å². The van der Waals surface area contributed by atoms with E-state index in [4.69, 9.17) is 29.3 Å². The topological polar surface area (TPSA) is 112 Å². The summed E-state index contributed by atoms with van der Waals surface area (Å²) in [6.07, 6.45) is 1.65. The predicted molar refractivity (Wildman–Crippen MR) is 193 cm³/mol. The number of pyridine rings is 1. The van der Waals surface area contributed by atoms with Gasteiger partial charge in [0.05, 0.1) is 25.4 Å². The number of methoxy groups -OCH3 is 1. The summed E-state index contributed by atoms with van der Waals surface area (Å²) in [5.74, 6) is 0.778. The van der Waals surface area contributed by atoms with Crippen LogP contribution < -0.4 is 4.74 Å². The second-order valence-electron chi connectivity index (χ2n) is 13.5. The maximum absolute atomic E-state index is 14.7. The lowest BCUT2D eigenvalue weighted by molar-refractivity contribution is -0.127. The molecular formula is C38H39FN6O5S. The lowest BCUT2D eigenvalue weighted by Crippen LogP contribution is -2.39. The van der Waals surface area contributed by atoms with Gasteiger partial charge in [0, 0.05) is 59.6 Å². The minimum atomic E-state index is -0.570. The maximum Gasteiger partial charge on any atom is 0.410 e. The van der Waals surface area contributed by atoms with Gasteiger partial charge >= 0.3 is 6.09 Å². The van der Waals surface area contributed by atoms with E-state index in [0.29, 0.717) is 67.9 Å². The van der Waals surface area contributed by atoms with Crippen LogP contribution in [0.4, 0.5) is 9.18 Å². The molecule has 0 saturated carbocycles. The maximum atomic E-state index is 14.7. The van der Waals surface area contributed by atoms with Gasteiger partial charge in [0.15, 0.2) is 0 Å². The molecule has 0 bridgehead atoms. The Balaban J connectivity index is 1.36. The van der Waals surface area contributed by atoms with Crippen molar-refractivity contribution in [1.82, 2.24) is 29.5 Å². The van der Waals surface area contributed by atoms with Crippen molar-refractivity contribution in [2.24, 2.45) is 0 Å². The summed E-state index contributed by atoms with van der Waals surface area (Å²) in [6, 6.07) is 12.7. The van der Waals surface area contributed by atoms with Crippen LogP contribution in [-0.2, 0) is 40.3 Å². The fourth-order valence-corrected chi connectivity index (χ4v) is 7.41. The predicted octanol–water partition coefficient (Wildman–Crippen LogP) is 6.87. The monoisotopic (exact) mass is 710 g/mol. The van der Waals surface area contributed by atoms with Crippen LogP contribution in [0.2, 0.25) is 0 Å². The molecule has 13 heteroatoms. The molecule has 11 nitrogen and oxygen atoms in total. The van der Waals surface area contributed by atoms with Gasteiger partial charge in [-0.15, -0.1) is 16.4 Å². The van der Waals surface area contributed by atoms with E-state index >= 15 is 0 Å². The van der Waals surface area contributed by atoms with Crippen molar-refractivity contribution in [3.63, 3.8) is 0 Å². The number of carbonyl (C=O) groups excluding carboxylic acids is 2. The zero-order chi connectivity index (χ0) is 35.9. The Kier molecular flexibility index (Phi) is 9.34. The van der Waals surface area contributed by atoms with E-state index in [-0.39, 0.29) is 25.2 Å². The van der Waals surface area contributed by atoms with Crippen LogP contribution in [0.5, 0.6) is 5.75 Å². The van der Waals surface area contributed by atoms with E-state index < -0.39 is 11.4 Å². The van der Waals surface area contributed by atoms with Gasteiger partial charge in [-0.25, -0.2) is 23.8 Å². The third-order valence-electron chi connectivity index (χ3n) is 8.87. The summed E-state index contributed by atoms with van der Waals surface area (Å²) in [7, 11) is 1.58. The molecular weight excluding hydrogens is 672 g/mol. The number of ether oxygens (including phenoxy) is 3. The molecule has 0 fully saturated rings. The molecule has 2 aromatic carbocycles. The summed E-state index contributed by atoms with van der Waals surface area (Å²) in [4.78, 5) is 38.9. The minimum absolute atomic E-state index is 0.169. The molecule has 0 saturated heterocycles. The molecule has 0 radical (unpaired) electrons. The van der Waals surface area contributed by atoms with Gasteiger partial charge in [-0.1, -0.05) is 18.7 Å². The second kappa shape index (κ2) is 13.9. The molecule has 0 unspecified atom stereocenters. The first-order valence-electron chi connectivity index (χ1n) is 16.8. The van der Waals surface area contributed by atoms with Gasteiger partial charge in [-0.3, -0.25) is 4.79 Å². The van der Waals surface area contributed by atoms with E-state index in [0.717, 1.165) is 38.0 Å². The molecule has 5 aromatic rings. The van der Waals surface area contributed by atoms with E-state index in [1.807, 2.05) is 43.0 Å². The molecule has 5 heterocycles. The average Bonchev–Trinajstić information content (AvgIpc) is 3.77. The number of hydrogen-bond donors (Lipinski definition) is 0. The first kappa shape index (κ1) is 34.3. The van der Waals surface area contributed by atoms with Crippen LogP contribution in [-0.4, -0.2) is 80.6 Å². The summed E-state index contributed by atoms with van der Waals surface area (Å²) in [6.45, 7) is 12.0. The third-order valence-corrected chi connectivity index (χ3v) is 9.80. The lowest BCUT2D eigenvalue weighted by Gasteiger charge is -2.31. The van der Waals surface area contributed by atoms with Crippen molar-refractivity contribution in [1.29, 1.82) is 0 Å². The number of rotatable bonds is 8. The Morgan fingerprint density at radius 1 is 0.980 bits per heavy atom. The Hall–Kier alpha value is -5.14. The number of fused-ring (bicyclic) bond motifs is 3. The summed E-state index contributed by atoms with van der Waals surface area (Å²) in [5, 5.41) is 7.83. The number of thiophene rings is 1. The zero-order valence-corrected chi connectivity index (χ0v) is 29.9. The first-order chi connectivity index (χ1) is 24.5. The Morgan fingerprint density at radius 2 is 1.82 bits per heavy atom. The van der Waals surface area contributed by atoms with Gasteiger partial charge in [0.2, 0.25) is 11.7 Å². The molecule has 7 rings (SSSR count). The highest BCUT2D eigenvalue weighted by Gasteiger charge is 2.29. The first-order valence-corrected chi connectivity index (χ1v) is 17.7. The van der Waals surface area contributed by atoms with Gasteiger partial charge in [0.25, 0.3) is 0 Å². The normalized spacial score (nSPS) is 14.3. The highest BCUT2D eigenvalue weighted by Crippen LogP contribution is 2.46. The number of halogens is 1. The molecule has 3 aromatic heterocycles. The molecule has 2 aliphatic heterocycles. The largest absolute Gasteiger partial charge is 0.490 e. The Labute approximate surface area is 299 Å². The summed E-state index contributed by atoms with van der Waals surface area (Å²) < 4.78 is 34.3. The molecule has 51 heavy (non-hydrogen) atoms. The van der Waals surface area contributed by atoms with Crippen molar-refractivity contribution < 1.29 is 28.2 Å². The molecule has 0 N–H and O–H groups in total. The van der Waals surface area contributed by atoms with Crippen LogP contribution in [0, 0.1) is 5.82 Å². The molecule has 264 valence electrons. The van der Waals surface area contributed by atoms with Gasteiger partial charge in [-0.2, -0.15) is 0 Å². The molecule has 2 amide bonds. The Morgan fingerprint density at radius 3 is 2.61 bits per heavy atom. The third kappa shape index (κ3) is 6.95. The summed E-state index contributed by atoms with van der Waals surface area (Å²) >= 11 is 1.55. The average molecular weight is 711 g/mol. The van der Waals surface area contributed by atoms with E-state index in [1.54, 1.807) is 34.3 Å². The van der Waals surface area contributed by atoms with Crippen LogP contribution in [0.15, 0.2) is 60.5 Å². The quantitative estimate of drug-likeness (QED) is 0.127. The molecule has 2 aliphatic rings. The zero-order valence-electron chi connectivity index (χ0n) is 29.1. The van der Waals surface area contributed by atoms with Crippen LogP contribution in [0.3, 0.4) is 0 Å². The second-order valence-corrected chi connectivity index (χ2v) is 14.4. The van der Waals surface area contributed by atoms with Crippen molar-refractivity contribution in [3.05, 3.63) is 83.3 Å². The highest BCUT2D eigenvalue weighted by atomic mass is 32.1. The number of amides is 2. The van der Waals surface area contributed by atoms with Gasteiger partial charge in [0.1, 0.15) is 35.3 Å². The van der Waals surface area contributed by atoms with Crippen molar-refractivity contribution >= 4 is 33.4 Å². The van der Waals surface area contributed by atoms with E-state index in [2.05, 4.69) is 18.7 Å². The minimum Gasteiger partial charge on any atom is -0.490 e. The number of hydrogen-bond acceptors (Lipinski definition) is 9. The number of aromatic nitrogens is 4.